The molecule has 2 atom stereocenters. The molecule has 1 spiro atoms. The van der Waals surface area contributed by atoms with E-state index in [0.29, 0.717) is 30.4 Å². The summed E-state index contributed by atoms with van der Waals surface area (Å²) in [4.78, 5) is 8.52. The zero-order valence-electron chi connectivity index (χ0n) is 14.7. The van der Waals surface area contributed by atoms with Crippen LogP contribution in [0.5, 0.6) is 0 Å². The van der Waals surface area contributed by atoms with Gasteiger partial charge in [-0.3, -0.25) is 4.99 Å². The monoisotopic (exact) mass is 449 g/mol. The van der Waals surface area contributed by atoms with Gasteiger partial charge in [0, 0.05) is 32.0 Å². The third-order valence-corrected chi connectivity index (χ3v) is 5.21. The van der Waals surface area contributed by atoms with Gasteiger partial charge in [0.05, 0.1) is 12.6 Å². The topological polar surface area (TPSA) is 84.6 Å². The first-order chi connectivity index (χ1) is 11.2. The van der Waals surface area contributed by atoms with E-state index in [4.69, 9.17) is 9.26 Å². The fraction of sp³-hybridized carbons (Fsp3) is 0.812. The van der Waals surface area contributed by atoms with E-state index in [2.05, 4.69) is 32.7 Å². The predicted octanol–water partition coefficient (Wildman–Crippen LogP) is 2.40. The van der Waals surface area contributed by atoms with Crippen LogP contribution in [0.4, 0.5) is 0 Å². The fourth-order valence-electron chi connectivity index (χ4n) is 4.02. The molecule has 2 fully saturated rings. The summed E-state index contributed by atoms with van der Waals surface area (Å²) < 4.78 is 10.9. The van der Waals surface area contributed by atoms with Crippen LogP contribution in [0.2, 0.25) is 0 Å². The molecule has 24 heavy (non-hydrogen) atoms. The molecule has 0 aliphatic heterocycles. The summed E-state index contributed by atoms with van der Waals surface area (Å²) in [7, 11) is 1.79. The Labute approximate surface area is 160 Å². The zero-order chi connectivity index (χ0) is 16.3. The molecule has 0 radical (unpaired) electrons. The number of halogens is 1. The summed E-state index contributed by atoms with van der Waals surface area (Å²) in [6.45, 7) is 5.17. The third-order valence-electron chi connectivity index (χ3n) is 5.21. The van der Waals surface area contributed by atoms with Gasteiger partial charge in [-0.15, -0.1) is 24.0 Å². The largest absolute Gasteiger partial charge is 0.378 e. The fourth-order valence-corrected chi connectivity index (χ4v) is 4.02. The molecule has 0 saturated heterocycles. The van der Waals surface area contributed by atoms with Crippen LogP contribution in [-0.2, 0) is 11.3 Å². The van der Waals surface area contributed by atoms with Crippen LogP contribution in [-0.4, -0.2) is 41.9 Å². The van der Waals surface area contributed by atoms with Gasteiger partial charge in [-0.05, 0) is 26.2 Å². The average molecular weight is 449 g/mol. The Hall–Kier alpha value is -0.900. The molecule has 0 amide bonds. The first-order valence-electron chi connectivity index (χ1n) is 8.56. The van der Waals surface area contributed by atoms with E-state index < -0.39 is 0 Å². The molecule has 3 rings (SSSR count). The highest BCUT2D eigenvalue weighted by Crippen LogP contribution is 2.54. The van der Waals surface area contributed by atoms with Crippen LogP contribution in [0.3, 0.4) is 0 Å². The maximum Gasteiger partial charge on any atom is 0.223 e. The standard InChI is InChI=1S/C16H27N5O2.HI/c1-4-22-13-9-12(16(13)7-5-6-8-16)20-15(17-3)18-10-14-19-11(2)23-21-14;/h12-13H,4-10H2,1-3H3,(H2,17,18,20);1H. The van der Waals surface area contributed by atoms with Gasteiger partial charge in [-0.25, -0.2) is 0 Å². The van der Waals surface area contributed by atoms with Crippen LogP contribution in [0, 0.1) is 12.3 Å². The molecular weight excluding hydrogens is 421 g/mol. The van der Waals surface area contributed by atoms with Crippen molar-refractivity contribution in [3.8, 4) is 0 Å². The van der Waals surface area contributed by atoms with Crippen molar-refractivity contribution in [3.63, 3.8) is 0 Å². The SMILES string of the molecule is CCOC1CC(NC(=NC)NCc2noc(C)n2)C12CCCC2.I. The lowest BCUT2D eigenvalue weighted by Crippen LogP contribution is -2.65. The number of hydrogen-bond acceptors (Lipinski definition) is 5. The van der Waals surface area contributed by atoms with E-state index in [9.17, 15) is 0 Å². The van der Waals surface area contributed by atoms with Gasteiger partial charge in [0.15, 0.2) is 11.8 Å². The maximum atomic E-state index is 5.96. The summed E-state index contributed by atoms with van der Waals surface area (Å²) in [5.74, 6) is 2.01. The van der Waals surface area contributed by atoms with Gasteiger partial charge in [0.1, 0.15) is 0 Å². The minimum absolute atomic E-state index is 0. The molecule has 2 aliphatic rings. The number of nitrogens with zero attached hydrogens (tertiary/aromatic N) is 3. The first kappa shape index (κ1) is 19.4. The van der Waals surface area contributed by atoms with Crippen molar-refractivity contribution in [2.24, 2.45) is 10.4 Å². The highest BCUT2D eigenvalue weighted by molar-refractivity contribution is 14.0. The number of aryl methyl sites for hydroxylation is 1. The molecule has 8 heteroatoms. The van der Waals surface area contributed by atoms with E-state index in [1.807, 2.05) is 0 Å². The number of aromatic nitrogens is 2. The first-order valence-corrected chi connectivity index (χ1v) is 8.56. The molecule has 7 nitrogen and oxygen atoms in total. The normalized spacial score (nSPS) is 25.2. The van der Waals surface area contributed by atoms with E-state index in [1.54, 1.807) is 14.0 Å². The molecule has 1 heterocycles. The van der Waals surface area contributed by atoms with Gasteiger partial charge in [0.2, 0.25) is 5.89 Å². The quantitative estimate of drug-likeness (QED) is 0.408. The average Bonchev–Trinajstić information content (AvgIpc) is 3.20. The predicted molar refractivity (Wildman–Crippen MR) is 103 cm³/mol. The van der Waals surface area contributed by atoms with Crippen LogP contribution in [0.15, 0.2) is 9.52 Å². The Morgan fingerprint density at radius 2 is 2.17 bits per heavy atom. The van der Waals surface area contributed by atoms with Crippen molar-refractivity contribution in [2.75, 3.05) is 13.7 Å². The molecule has 136 valence electrons. The van der Waals surface area contributed by atoms with Crippen molar-refractivity contribution in [1.29, 1.82) is 0 Å². The van der Waals surface area contributed by atoms with Gasteiger partial charge < -0.3 is 19.9 Å². The summed E-state index contributed by atoms with van der Waals surface area (Å²) >= 11 is 0. The Morgan fingerprint density at radius 1 is 1.42 bits per heavy atom. The Bertz CT molecular complexity index is 556. The van der Waals surface area contributed by atoms with E-state index >= 15 is 0 Å². The Balaban J connectivity index is 0.00000208. The maximum absolute atomic E-state index is 5.96. The Morgan fingerprint density at radius 3 is 2.75 bits per heavy atom. The second-order valence-electron chi connectivity index (χ2n) is 6.47. The minimum atomic E-state index is 0. The molecule has 2 aliphatic carbocycles. The Kier molecular flexibility index (Phi) is 6.85. The molecule has 2 saturated carbocycles. The van der Waals surface area contributed by atoms with Crippen molar-refractivity contribution in [2.45, 2.75) is 64.6 Å². The van der Waals surface area contributed by atoms with Crippen molar-refractivity contribution >= 4 is 29.9 Å². The summed E-state index contributed by atoms with van der Waals surface area (Å²) in [6, 6.07) is 0.430. The lowest BCUT2D eigenvalue weighted by molar-refractivity contribution is -0.125. The minimum Gasteiger partial charge on any atom is -0.378 e. The highest BCUT2D eigenvalue weighted by Gasteiger charge is 2.56. The molecule has 2 unspecified atom stereocenters. The highest BCUT2D eigenvalue weighted by atomic mass is 127. The second kappa shape index (κ2) is 8.46. The van der Waals surface area contributed by atoms with Crippen molar-refractivity contribution < 1.29 is 9.26 Å². The van der Waals surface area contributed by atoms with E-state index in [-0.39, 0.29) is 29.4 Å². The number of nitrogens with one attached hydrogen (secondary N) is 2. The van der Waals surface area contributed by atoms with Crippen molar-refractivity contribution in [1.82, 2.24) is 20.8 Å². The summed E-state index contributed by atoms with van der Waals surface area (Å²) in [5, 5.41) is 10.7. The van der Waals surface area contributed by atoms with Gasteiger partial charge in [-0.2, -0.15) is 4.98 Å². The van der Waals surface area contributed by atoms with E-state index in [0.717, 1.165) is 19.0 Å². The number of ether oxygens (including phenoxy) is 1. The number of hydrogen-bond donors (Lipinski definition) is 2. The van der Waals surface area contributed by atoms with Crippen LogP contribution >= 0.6 is 24.0 Å². The molecule has 2 N–H and O–H groups in total. The number of rotatable bonds is 5. The molecule has 1 aromatic heterocycles. The lowest BCUT2D eigenvalue weighted by Gasteiger charge is -2.54. The lowest BCUT2D eigenvalue weighted by atomic mass is 9.60. The van der Waals surface area contributed by atoms with Gasteiger partial charge >= 0.3 is 0 Å². The van der Waals surface area contributed by atoms with Crippen LogP contribution in [0.25, 0.3) is 0 Å². The van der Waals surface area contributed by atoms with Crippen LogP contribution < -0.4 is 10.6 Å². The van der Waals surface area contributed by atoms with Crippen LogP contribution in [0.1, 0.15) is 50.7 Å². The molecular formula is C16H28IN5O2. The second-order valence-corrected chi connectivity index (χ2v) is 6.47. The zero-order valence-corrected chi connectivity index (χ0v) is 17.0. The third kappa shape index (κ3) is 3.84. The molecule has 0 aromatic carbocycles. The van der Waals surface area contributed by atoms with Gasteiger partial charge in [-0.1, -0.05) is 18.0 Å². The molecule has 1 aromatic rings. The smallest absolute Gasteiger partial charge is 0.223 e. The van der Waals surface area contributed by atoms with Gasteiger partial charge in [0.25, 0.3) is 0 Å². The number of aliphatic imine (C=N–C) groups is 1. The molecule has 0 bridgehead atoms. The number of guanidine groups is 1. The van der Waals surface area contributed by atoms with E-state index in [1.165, 1.54) is 25.7 Å². The summed E-state index contributed by atoms with van der Waals surface area (Å²) in [6.07, 6.45) is 6.54. The van der Waals surface area contributed by atoms with Crippen molar-refractivity contribution in [3.05, 3.63) is 11.7 Å². The summed E-state index contributed by atoms with van der Waals surface area (Å²) in [5.41, 5.74) is 0.288.